The molecule has 3 rings (SSSR count). The monoisotopic (exact) mass is 461 g/mol. The quantitative estimate of drug-likeness (QED) is 0.387. The fraction of sp³-hybridized carbons (Fsp3) is 0.632. The van der Waals surface area contributed by atoms with Gasteiger partial charge in [-0.1, -0.05) is 12.1 Å². The summed E-state index contributed by atoms with van der Waals surface area (Å²) in [4.78, 5) is 4.70. The maximum absolute atomic E-state index is 13.5. The van der Waals surface area contributed by atoms with Crippen molar-refractivity contribution in [3.8, 4) is 0 Å². The average molecular weight is 461 g/mol. The Bertz CT molecular complexity index is 598. The van der Waals surface area contributed by atoms with E-state index in [1.807, 2.05) is 6.07 Å². The summed E-state index contributed by atoms with van der Waals surface area (Å²) in [5, 5.41) is 6.74. The van der Waals surface area contributed by atoms with Crippen LogP contribution < -0.4 is 10.6 Å². The molecule has 1 saturated heterocycles. The van der Waals surface area contributed by atoms with E-state index in [1.54, 1.807) is 12.1 Å². The first-order valence-electron chi connectivity index (χ1n) is 8.97. The molecule has 0 radical (unpaired) electrons. The van der Waals surface area contributed by atoms with E-state index >= 15 is 0 Å². The van der Waals surface area contributed by atoms with Gasteiger partial charge in [0.2, 0.25) is 0 Å². The van der Waals surface area contributed by atoms with Gasteiger partial charge >= 0.3 is 0 Å². The van der Waals surface area contributed by atoms with Crippen LogP contribution in [0.5, 0.6) is 0 Å². The summed E-state index contributed by atoms with van der Waals surface area (Å²) in [6.45, 7) is 7.27. The third kappa shape index (κ3) is 5.29. The topological polar surface area (TPSA) is 45.7 Å². The Labute approximate surface area is 167 Å². The van der Waals surface area contributed by atoms with Gasteiger partial charge in [0, 0.05) is 25.1 Å². The van der Waals surface area contributed by atoms with E-state index in [0.717, 1.165) is 56.9 Å². The molecule has 1 unspecified atom stereocenters. The summed E-state index contributed by atoms with van der Waals surface area (Å²) < 4.78 is 19.3. The molecule has 4 nitrogen and oxygen atoms in total. The van der Waals surface area contributed by atoms with Crippen LogP contribution in [0, 0.1) is 5.82 Å². The molecule has 1 saturated carbocycles. The average Bonchev–Trinajstić information content (AvgIpc) is 3.25. The first-order chi connectivity index (χ1) is 11.6. The van der Waals surface area contributed by atoms with Crippen molar-refractivity contribution in [3.05, 3.63) is 35.6 Å². The van der Waals surface area contributed by atoms with Gasteiger partial charge in [-0.2, -0.15) is 0 Å². The van der Waals surface area contributed by atoms with Gasteiger partial charge in [-0.25, -0.2) is 4.39 Å². The predicted octanol–water partition coefficient (Wildman–Crippen LogP) is 3.60. The van der Waals surface area contributed by atoms with Gasteiger partial charge in [0.1, 0.15) is 5.82 Å². The van der Waals surface area contributed by atoms with Gasteiger partial charge < -0.3 is 15.4 Å². The number of halogens is 2. The van der Waals surface area contributed by atoms with Crippen molar-refractivity contribution in [2.24, 2.45) is 4.99 Å². The maximum atomic E-state index is 13.5. The lowest BCUT2D eigenvalue weighted by Crippen LogP contribution is -2.42. The summed E-state index contributed by atoms with van der Waals surface area (Å²) >= 11 is 0. The van der Waals surface area contributed by atoms with Gasteiger partial charge in [0.25, 0.3) is 0 Å². The molecule has 1 heterocycles. The van der Waals surface area contributed by atoms with Crippen LogP contribution in [0.1, 0.15) is 45.1 Å². The minimum atomic E-state index is -0.161. The fourth-order valence-electron chi connectivity index (χ4n) is 3.34. The first-order valence-corrected chi connectivity index (χ1v) is 8.97. The molecule has 1 aliphatic carbocycles. The van der Waals surface area contributed by atoms with Gasteiger partial charge in [-0.15, -0.1) is 24.0 Å². The van der Waals surface area contributed by atoms with Crippen LogP contribution in [0.25, 0.3) is 0 Å². The lowest BCUT2D eigenvalue weighted by molar-refractivity contribution is 0.0283. The smallest absolute Gasteiger partial charge is 0.191 e. The van der Waals surface area contributed by atoms with Crippen LogP contribution in [-0.2, 0) is 10.2 Å². The SMILES string of the molecule is CCNC(=NCC1(C)CCCO1)NCC1(c2cccc(F)c2)CC1.I. The minimum Gasteiger partial charge on any atom is -0.373 e. The second kappa shape index (κ2) is 8.66. The Morgan fingerprint density at radius 1 is 1.28 bits per heavy atom. The third-order valence-electron chi connectivity index (χ3n) is 5.10. The summed E-state index contributed by atoms with van der Waals surface area (Å²) in [6.07, 6.45) is 4.34. The number of rotatable bonds is 6. The third-order valence-corrected chi connectivity index (χ3v) is 5.10. The Morgan fingerprint density at radius 3 is 2.68 bits per heavy atom. The van der Waals surface area contributed by atoms with Crippen molar-refractivity contribution in [2.75, 3.05) is 26.2 Å². The number of guanidine groups is 1. The van der Waals surface area contributed by atoms with E-state index in [9.17, 15) is 4.39 Å². The standard InChI is InChI=1S/C19H28FN3O.HI/c1-3-21-17(22-13-18(2)8-5-11-24-18)23-14-19(9-10-19)15-6-4-7-16(20)12-15;/h4,6-7,12H,3,5,8-11,13-14H2,1-2H3,(H2,21,22,23);1H. The molecular formula is C19H29FIN3O. The van der Waals surface area contributed by atoms with Crippen molar-refractivity contribution in [3.63, 3.8) is 0 Å². The van der Waals surface area contributed by atoms with Crippen molar-refractivity contribution in [1.82, 2.24) is 10.6 Å². The lowest BCUT2D eigenvalue weighted by atomic mass is 9.96. The van der Waals surface area contributed by atoms with Crippen molar-refractivity contribution in [1.29, 1.82) is 0 Å². The van der Waals surface area contributed by atoms with Crippen LogP contribution in [0.15, 0.2) is 29.3 Å². The minimum absolute atomic E-state index is 0. The van der Waals surface area contributed by atoms with Crippen LogP contribution in [0.2, 0.25) is 0 Å². The highest BCUT2D eigenvalue weighted by molar-refractivity contribution is 14.0. The van der Waals surface area contributed by atoms with Crippen LogP contribution in [0.4, 0.5) is 4.39 Å². The highest BCUT2D eigenvalue weighted by Gasteiger charge is 2.44. The molecule has 2 N–H and O–H groups in total. The molecule has 0 spiro atoms. The second-order valence-corrected chi connectivity index (χ2v) is 7.24. The van der Waals surface area contributed by atoms with E-state index in [1.165, 1.54) is 6.07 Å². The zero-order valence-corrected chi connectivity index (χ0v) is 17.4. The number of hydrogen-bond donors (Lipinski definition) is 2. The largest absolute Gasteiger partial charge is 0.373 e. The second-order valence-electron chi connectivity index (χ2n) is 7.24. The van der Waals surface area contributed by atoms with E-state index in [0.29, 0.717) is 6.54 Å². The van der Waals surface area contributed by atoms with Crippen LogP contribution >= 0.6 is 24.0 Å². The number of benzene rings is 1. The van der Waals surface area contributed by atoms with Crippen LogP contribution in [-0.4, -0.2) is 37.8 Å². The van der Waals surface area contributed by atoms with Gasteiger partial charge in [0.05, 0.1) is 12.1 Å². The number of nitrogens with zero attached hydrogens (tertiary/aromatic N) is 1. The van der Waals surface area contributed by atoms with E-state index in [2.05, 4.69) is 24.5 Å². The molecule has 1 aromatic carbocycles. The molecule has 0 amide bonds. The summed E-state index contributed by atoms with van der Waals surface area (Å²) in [5.41, 5.74) is 0.991. The van der Waals surface area contributed by atoms with Crippen molar-refractivity contribution < 1.29 is 9.13 Å². The van der Waals surface area contributed by atoms with Gasteiger partial charge in [0.15, 0.2) is 5.96 Å². The van der Waals surface area contributed by atoms with Crippen LogP contribution in [0.3, 0.4) is 0 Å². The number of aliphatic imine (C=N–C) groups is 1. The summed E-state index contributed by atoms with van der Waals surface area (Å²) in [5.74, 6) is 0.655. The van der Waals surface area contributed by atoms with E-state index in [4.69, 9.17) is 9.73 Å². The Morgan fingerprint density at radius 2 is 2.08 bits per heavy atom. The Hall–Kier alpha value is -0.890. The van der Waals surface area contributed by atoms with E-state index in [-0.39, 0.29) is 40.8 Å². The van der Waals surface area contributed by atoms with Gasteiger partial charge in [-0.05, 0) is 57.2 Å². The number of hydrogen-bond acceptors (Lipinski definition) is 2. The summed E-state index contributed by atoms with van der Waals surface area (Å²) in [6, 6.07) is 6.98. The lowest BCUT2D eigenvalue weighted by Gasteiger charge is -2.23. The molecule has 1 aromatic rings. The maximum Gasteiger partial charge on any atom is 0.191 e. The molecule has 140 valence electrons. The highest BCUT2D eigenvalue weighted by atomic mass is 127. The summed E-state index contributed by atoms with van der Waals surface area (Å²) in [7, 11) is 0. The molecule has 0 bridgehead atoms. The van der Waals surface area contributed by atoms with E-state index < -0.39 is 0 Å². The molecule has 1 atom stereocenters. The zero-order valence-electron chi connectivity index (χ0n) is 15.1. The molecule has 1 aliphatic heterocycles. The highest BCUT2D eigenvalue weighted by Crippen LogP contribution is 2.47. The zero-order chi connectivity index (χ0) is 17.0. The van der Waals surface area contributed by atoms with Crippen molar-refractivity contribution >= 4 is 29.9 Å². The van der Waals surface area contributed by atoms with Crippen molar-refractivity contribution in [2.45, 2.75) is 50.5 Å². The molecule has 2 aliphatic rings. The molecule has 6 heteroatoms. The molecule has 25 heavy (non-hydrogen) atoms. The number of nitrogens with one attached hydrogen (secondary N) is 2. The molecule has 0 aromatic heterocycles. The molecular weight excluding hydrogens is 432 g/mol. The normalized spacial score (nSPS) is 24.5. The number of ether oxygens (including phenoxy) is 1. The predicted molar refractivity (Wildman–Crippen MR) is 110 cm³/mol. The fourth-order valence-corrected chi connectivity index (χ4v) is 3.34. The first kappa shape index (κ1) is 20.4. The van der Waals surface area contributed by atoms with Gasteiger partial charge in [-0.3, -0.25) is 4.99 Å². The Kier molecular flexibility index (Phi) is 7.08. The Balaban J connectivity index is 0.00000225. The molecule has 2 fully saturated rings.